The average Bonchev–Trinajstić information content (AvgIpc) is 3.38. The summed E-state index contributed by atoms with van der Waals surface area (Å²) < 4.78 is 19.9. The molecular formula is C21H21Cl2N3O3S. The smallest absolute Gasteiger partial charge is 0.215 e. The van der Waals surface area contributed by atoms with E-state index in [9.17, 15) is 0 Å². The van der Waals surface area contributed by atoms with E-state index in [2.05, 4.69) is 4.98 Å². The topological polar surface area (TPSA) is 71.5 Å². The lowest BCUT2D eigenvalue weighted by molar-refractivity contribution is -0.184. The number of halogens is 2. The molecule has 9 heteroatoms. The minimum Gasteiger partial charge on any atom is -0.495 e. The molecule has 158 valence electrons. The zero-order valence-electron chi connectivity index (χ0n) is 16.3. The molecule has 0 amide bonds. The van der Waals surface area contributed by atoms with Gasteiger partial charge in [-0.3, -0.25) is 0 Å². The van der Waals surface area contributed by atoms with Gasteiger partial charge in [-0.15, -0.1) is 11.8 Å². The molecular weight excluding hydrogens is 445 g/mol. The van der Waals surface area contributed by atoms with Crippen molar-refractivity contribution in [1.82, 2.24) is 9.55 Å². The standard InChI is InChI=1S/C21H21Cl2N3O3S/c1-27-20-9-16(3-5-19(20)24)30-11-15-10-28-21(29-15,12-26-7-6-25-13-26)17-4-2-14(22)8-18(17)23/h2-9,13,15H,10-12,24H2,1H3/t15-,21+/m0/s1. The number of benzene rings is 2. The SMILES string of the molecule is COc1cc(SC[C@@H]2CO[C@@](Cn3ccnc3)(c3ccc(Cl)cc3Cl)O2)ccc1N. The molecule has 0 radical (unpaired) electrons. The van der Waals surface area contributed by atoms with Crippen molar-refractivity contribution < 1.29 is 14.2 Å². The summed E-state index contributed by atoms with van der Waals surface area (Å²) in [6.07, 6.45) is 5.17. The number of aromatic nitrogens is 2. The minimum atomic E-state index is -1.02. The van der Waals surface area contributed by atoms with Gasteiger partial charge in [0, 0.05) is 33.6 Å². The van der Waals surface area contributed by atoms with Crippen molar-refractivity contribution in [3.8, 4) is 5.75 Å². The van der Waals surface area contributed by atoms with Gasteiger partial charge in [0.2, 0.25) is 5.79 Å². The Morgan fingerprint density at radius 2 is 2.17 bits per heavy atom. The highest BCUT2D eigenvalue weighted by Crippen LogP contribution is 2.41. The Morgan fingerprint density at radius 1 is 1.30 bits per heavy atom. The molecule has 0 saturated carbocycles. The quantitative estimate of drug-likeness (QED) is 0.397. The fourth-order valence-electron chi connectivity index (χ4n) is 3.35. The third-order valence-electron chi connectivity index (χ3n) is 4.79. The highest BCUT2D eigenvalue weighted by Gasteiger charge is 2.45. The molecule has 6 nitrogen and oxygen atoms in total. The highest BCUT2D eigenvalue weighted by molar-refractivity contribution is 7.99. The molecule has 1 saturated heterocycles. The number of nitrogens with two attached hydrogens (primary N) is 1. The molecule has 0 spiro atoms. The van der Waals surface area contributed by atoms with Gasteiger partial charge in [-0.1, -0.05) is 29.3 Å². The van der Waals surface area contributed by atoms with E-state index < -0.39 is 5.79 Å². The highest BCUT2D eigenvalue weighted by atomic mass is 35.5. The monoisotopic (exact) mass is 465 g/mol. The van der Waals surface area contributed by atoms with Crippen molar-refractivity contribution in [1.29, 1.82) is 0 Å². The van der Waals surface area contributed by atoms with Gasteiger partial charge in [0.15, 0.2) is 0 Å². The van der Waals surface area contributed by atoms with Crippen LogP contribution in [-0.2, 0) is 21.8 Å². The Balaban J connectivity index is 1.53. The number of thioether (sulfide) groups is 1. The zero-order chi connectivity index (χ0) is 21.1. The first-order valence-electron chi connectivity index (χ1n) is 9.28. The maximum atomic E-state index is 6.51. The summed E-state index contributed by atoms with van der Waals surface area (Å²) in [7, 11) is 1.61. The van der Waals surface area contributed by atoms with Crippen molar-refractivity contribution >= 4 is 40.7 Å². The van der Waals surface area contributed by atoms with Crippen LogP contribution in [-0.4, -0.2) is 35.1 Å². The normalized spacial score (nSPS) is 21.1. The van der Waals surface area contributed by atoms with Gasteiger partial charge in [-0.2, -0.15) is 0 Å². The number of methoxy groups -OCH3 is 1. The van der Waals surface area contributed by atoms with Crippen molar-refractivity contribution in [3.63, 3.8) is 0 Å². The number of nitrogen functional groups attached to an aromatic ring is 1. The molecule has 0 bridgehead atoms. The Hall–Kier alpha value is -1.90. The third kappa shape index (κ3) is 4.55. The second-order valence-electron chi connectivity index (χ2n) is 6.88. The van der Waals surface area contributed by atoms with Crippen LogP contribution in [0.1, 0.15) is 5.56 Å². The minimum absolute atomic E-state index is 0.131. The molecule has 1 aromatic heterocycles. The number of hydrogen-bond donors (Lipinski definition) is 1. The number of nitrogens with zero attached hydrogens (tertiary/aromatic N) is 2. The molecule has 2 heterocycles. The van der Waals surface area contributed by atoms with E-state index in [1.54, 1.807) is 43.5 Å². The molecule has 3 aromatic rings. The number of hydrogen-bond acceptors (Lipinski definition) is 6. The van der Waals surface area contributed by atoms with Crippen LogP contribution in [0.5, 0.6) is 5.75 Å². The molecule has 0 aliphatic carbocycles. The Kier molecular flexibility index (Phi) is 6.46. The fourth-order valence-corrected chi connectivity index (χ4v) is 4.80. The van der Waals surface area contributed by atoms with E-state index in [1.807, 2.05) is 35.0 Å². The number of rotatable bonds is 7. The molecule has 0 unspecified atom stereocenters. The molecule has 1 aliphatic rings. The lowest BCUT2D eigenvalue weighted by atomic mass is 10.1. The molecule has 30 heavy (non-hydrogen) atoms. The van der Waals surface area contributed by atoms with E-state index >= 15 is 0 Å². The average molecular weight is 466 g/mol. The van der Waals surface area contributed by atoms with Crippen molar-refractivity contribution in [3.05, 3.63) is 70.7 Å². The predicted octanol–water partition coefficient (Wildman–Crippen LogP) is 4.84. The fraction of sp³-hybridized carbons (Fsp3) is 0.286. The number of ether oxygens (including phenoxy) is 3. The summed E-state index contributed by atoms with van der Waals surface area (Å²) in [5.74, 6) is 0.335. The summed E-state index contributed by atoms with van der Waals surface area (Å²) in [5, 5.41) is 1.06. The Bertz CT molecular complexity index is 1020. The third-order valence-corrected chi connectivity index (χ3v) is 6.47. The van der Waals surface area contributed by atoms with Gasteiger partial charge >= 0.3 is 0 Å². The van der Waals surface area contributed by atoms with Crippen molar-refractivity contribution in [2.45, 2.75) is 23.3 Å². The van der Waals surface area contributed by atoms with Crippen LogP contribution < -0.4 is 10.5 Å². The van der Waals surface area contributed by atoms with Crippen LogP contribution in [0.4, 0.5) is 5.69 Å². The van der Waals surface area contributed by atoms with Crippen molar-refractivity contribution in [2.24, 2.45) is 0 Å². The van der Waals surface area contributed by atoms with E-state index in [0.717, 1.165) is 10.5 Å². The molecule has 1 aliphatic heterocycles. The molecule has 2 aromatic carbocycles. The first kappa shape index (κ1) is 21.3. The molecule has 1 fully saturated rings. The Labute approximate surface area is 189 Å². The van der Waals surface area contributed by atoms with Crippen LogP contribution in [0.3, 0.4) is 0 Å². The van der Waals surface area contributed by atoms with Crippen LogP contribution in [0.25, 0.3) is 0 Å². The Morgan fingerprint density at radius 3 is 2.90 bits per heavy atom. The summed E-state index contributed by atoms with van der Waals surface area (Å²) in [6, 6.07) is 11.1. The van der Waals surface area contributed by atoms with E-state index in [4.69, 9.17) is 43.1 Å². The lowest BCUT2D eigenvalue weighted by Gasteiger charge is -2.30. The first-order valence-corrected chi connectivity index (χ1v) is 11.0. The van der Waals surface area contributed by atoms with Crippen LogP contribution in [0.15, 0.2) is 60.0 Å². The first-order chi connectivity index (χ1) is 14.5. The summed E-state index contributed by atoms with van der Waals surface area (Å²) in [6.45, 7) is 0.859. The molecule has 4 rings (SSSR count). The van der Waals surface area contributed by atoms with E-state index in [1.165, 1.54) is 0 Å². The van der Waals surface area contributed by atoms with Crippen molar-refractivity contribution in [2.75, 3.05) is 25.2 Å². The molecule has 2 atom stereocenters. The summed E-state index contributed by atoms with van der Waals surface area (Å²) in [5.41, 5.74) is 7.25. The zero-order valence-corrected chi connectivity index (χ0v) is 18.6. The van der Waals surface area contributed by atoms with Gasteiger partial charge < -0.3 is 24.5 Å². The van der Waals surface area contributed by atoms with E-state index in [0.29, 0.717) is 40.4 Å². The maximum Gasteiger partial charge on any atom is 0.215 e. The summed E-state index contributed by atoms with van der Waals surface area (Å²) in [4.78, 5) is 5.16. The van der Waals surface area contributed by atoms with Gasteiger partial charge in [-0.25, -0.2) is 4.98 Å². The predicted molar refractivity (Wildman–Crippen MR) is 119 cm³/mol. The molecule has 2 N–H and O–H groups in total. The second-order valence-corrected chi connectivity index (χ2v) is 8.81. The van der Waals surface area contributed by atoms with Gasteiger partial charge in [0.1, 0.15) is 5.75 Å². The van der Waals surface area contributed by atoms with Crippen LogP contribution >= 0.6 is 35.0 Å². The summed E-state index contributed by atoms with van der Waals surface area (Å²) >= 11 is 14.3. The van der Waals surface area contributed by atoms with E-state index in [-0.39, 0.29) is 6.10 Å². The van der Waals surface area contributed by atoms with Gasteiger partial charge in [0.25, 0.3) is 0 Å². The largest absolute Gasteiger partial charge is 0.495 e. The van der Waals surface area contributed by atoms with Crippen LogP contribution in [0.2, 0.25) is 10.0 Å². The number of imidazole rings is 1. The maximum absolute atomic E-state index is 6.51. The second kappa shape index (κ2) is 9.08. The van der Waals surface area contributed by atoms with Gasteiger partial charge in [-0.05, 0) is 30.3 Å². The lowest BCUT2D eigenvalue weighted by Crippen LogP contribution is -2.34. The van der Waals surface area contributed by atoms with Crippen LogP contribution in [0, 0.1) is 0 Å². The number of anilines is 1. The van der Waals surface area contributed by atoms with Gasteiger partial charge in [0.05, 0.1) is 43.4 Å².